The van der Waals surface area contributed by atoms with Crippen LogP contribution in [0.3, 0.4) is 0 Å². The van der Waals surface area contributed by atoms with Gasteiger partial charge in [0.05, 0.1) is 30.2 Å². The van der Waals surface area contributed by atoms with Gasteiger partial charge < -0.3 is 29.3 Å². The number of carbonyl (C=O) groups excluding carboxylic acids is 3. The summed E-state index contributed by atoms with van der Waals surface area (Å²) in [4.78, 5) is 36.5. The van der Waals surface area contributed by atoms with Crippen molar-refractivity contribution in [2.24, 2.45) is 0 Å². The monoisotopic (exact) mass is 414 g/mol. The summed E-state index contributed by atoms with van der Waals surface area (Å²) in [5.74, 6) is -0.715. The van der Waals surface area contributed by atoms with Crippen LogP contribution in [0, 0.1) is 0 Å². The van der Waals surface area contributed by atoms with E-state index in [4.69, 9.17) is 18.6 Å². The van der Waals surface area contributed by atoms with Gasteiger partial charge in [0.2, 0.25) is 5.76 Å². The minimum atomic E-state index is -0.747. The Kier molecular flexibility index (Phi) is 6.74. The molecule has 1 aromatic carbocycles. The second kappa shape index (κ2) is 9.64. The second-order valence-corrected chi connectivity index (χ2v) is 6.39. The Labute approximate surface area is 173 Å². The maximum absolute atomic E-state index is 12.5. The first-order valence-corrected chi connectivity index (χ1v) is 9.38. The third-order valence-electron chi connectivity index (χ3n) is 4.28. The molecule has 9 heteroatoms. The lowest BCUT2D eigenvalue weighted by atomic mass is 10.0. The molecule has 0 saturated carbocycles. The van der Waals surface area contributed by atoms with Gasteiger partial charge in [0.25, 0.3) is 0 Å². The smallest absolute Gasteiger partial charge is 0.375 e. The summed E-state index contributed by atoms with van der Waals surface area (Å²) < 4.78 is 21.2. The lowest BCUT2D eigenvalue weighted by molar-refractivity contribution is -0.139. The first kappa shape index (κ1) is 21.0. The molecule has 0 spiro atoms. The van der Waals surface area contributed by atoms with Crippen molar-refractivity contribution < 1.29 is 33.0 Å². The first-order chi connectivity index (χ1) is 14.5. The molecule has 30 heavy (non-hydrogen) atoms. The number of amides is 2. The highest BCUT2D eigenvalue weighted by Crippen LogP contribution is 2.18. The fraction of sp³-hybridized carbons (Fsp3) is 0.286. The summed E-state index contributed by atoms with van der Waals surface area (Å²) >= 11 is 0. The molecule has 2 amide bonds. The van der Waals surface area contributed by atoms with Crippen LogP contribution in [0.2, 0.25) is 0 Å². The Hall–Kier alpha value is -3.75. The van der Waals surface area contributed by atoms with Gasteiger partial charge in [-0.25, -0.2) is 14.4 Å². The van der Waals surface area contributed by atoms with E-state index in [-0.39, 0.29) is 36.9 Å². The van der Waals surface area contributed by atoms with Gasteiger partial charge in [-0.1, -0.05) is 18.2 Å². The van der Waals surface area contributed by atoms with Crippen LogP contribution >= 0.6 is 0 Å². The van der Waals surface area contributed by atoms with Crippen LogP contribution in [0.5, 0.6) is 5.75 Å². The number of hydrogen-bond donors (Lipinski definition) is 2. The largest absolute Gasteiger partial charge is 0.489 e. The van der Waals surface area contributed by atoms with Crippen molar-refractivity contribution in [3.63, 3.8) is 0 Å². The maximum Gasteiger partial charge on any atom is 0.375 e. The van der Waals surface area contributed by atoms with E-state index < -0.39 is 24.0 Å². The molecular weight excluding hydrogens is 392 g/mol. The molecule has 3 rings (SSSR count). The topological polar surface area (TPSA) is 116 Å². The Balaban J connectivity index is 1.68. The number of carbonyl (C=O) groups is 3. The van der Waals surface area contributed by atoms with E-state index in [1.807, 2.05) is 18.2 Å². The van der Waals surface area contributed by atoms with Gasteiger partial charge >= 0.3 is 18.0 Å². The molecule has 0 saturated heterocycles. The van der Waals surface area contributed by atoms with Crippen LogP contribution in [-0.4, -0.2) is 37.2 Å². The predicted octanol–water partition coefficient (Wildman–Crippen LogP) is 2.53. The van der Waals surface area contributed by atoms with Gasteiger partial charge in [0, 0.05) is 5.56 Å². The van der Waals surface area contributed by atoms with E-state index in [0.29, 0.717) is 11.3 Å². The minimum Gasteiger partial charge on any atom is -0.489 e. The van der Waals surface area contributed by atoms with E-state index in [0.717, 1.165) is 0 Å². The average molecular weight is 414 g/mol. The summed E-state index contributed by atoms with van der Waals surface area (Å²) in [7, 11) is 0. The van der Waals surface area contributed by atoms with E-state index in [1.54, 1.807) is 32.0 Å². The fourth-order valence-corrected chi connectivity index (χ4v) is 2.90. The molecule has 0 radical (unpaired) electrons. The van der Waals surface area contributed by atoms with Crippen molar-refractivity contribution in [2.75, 3.05) is 13.2 Å². The van der Waals surface area contributed by atoms with E-state index >= 15 is 0 Å². The molecular formula is C21H22N2O7. The number of rotatable bonds is 8. The van der Waals surface area contributed by atoms with E-state index in [2.05, 4.69) is 10.6 Å². The maximum atomic E-state index is 12.5. The highest BCUT2D eigenvalue weighted by Gasteiger charge is 2.30. The molecule has 1 aliphatic rings. The number of esters is 2. The van der Waals surface area contributed by atoms with E-state index in [9.17, 15) is 14.4 Å². The predicted molar refractivity (Wildman–Crippen MR) is 105 cm³/mol. The standard InChI is InChI=1S/C21H22N2O7/c1-3-27-19(24)17-13(2)22-21(26)23-16(17)12-30-20(25)18-14(9-10-28-18)11-29-15-7-5-4-6-8-15/h4-10,13H,3,11-12H2,1-2H3,(H2,22,23,26). The number of furan rings is 1. The van der Waals surface area contributed by atoms with Gasteiger partial charge in [0.15, 0.2) is 0 Å². The number of nitrogens with one attached hydrogen (secondary N) is 2. The molecule has 9 nitrogen and oxygen atoms in total. The van der Waals surface area contributed by atoms with Crippen LogP contribution in [0.4, 0.5) is 4.79 Å². The van der Waals surface area contributed by atoms with Crippen LogP contribution in [-0.2, 0) is 20.9 Å². The van der Waals surface area contributed by atoms with Gasteiger partial charge in [-0.3, -0.25) is 0 Å². The second-order valence-electron chi connectivity index (χ2n) is 6.39. The van der Waals surface area contributed by atoms with Crippen LogP contribution in [0.15, 0.2) is 58.3 Å². The van der Waals surface area contributed by atoms with Crippen molar-refractivity contribution >= 4 is 18.0 Å². The summed E-state index contributed by atoms with van der Waals surface area (Å²) in [5.41, 5.74) is 0.856. The molecule has 2 heterocycles. The van der Waals surface area contributed by atoms with Crippen LogP contribution in [0.25, 0.3) is 0 Å². The van der Waals surface area contributed by atoms with Gasteiger partial charge in [-0.05, 0) is 32.0 Å². The third kappa shape index (κ3) is 4.99. The molecule has 1 aromatic heterocycles. The lowest BCUT2D eigenvalue weighted by Crippen LogP contribution is -2.50. The zero-order valence-corrected chi connectivity index (χ0v) is 16.6. The number of para-hydroxylation sites is 1. The molecule has 1 aliphatic heterocycles. The Bertz CT molecular complexity index is 949. The molecule has 1 unspecified atom stereocenters. The SMILES string of the molecule is CCOC(=O)C1=C(COC(=O)c2occc2COc2ccccc2)NC(=O)NC1C. The molecule has 0 bridgehead atoms. The highest BCUT2D eigenvalue weighted by atomic mass is 16.5. The van der Waals surface area contributed by atoms with Crippen molar-refractivity contribution in [1.82, 2.24) is 10.6 Å². The summed E-state index contributed by atoms with van der Waals surface area (Å²) in [6, 6.07) is 9.64. The molecule has 2 N–H and O–H groups in total. The lowest BCUT2D eigenvalue weighted by Gasteiger charge is -2.26. The van der Waals surface area contributed by atoms with Gasteiger partial charge in [0.1, 0.15) is 19.0 Å². The Morgan fingerprint density at radius 3 is 2.57 bits per heavy atom. The highest BCUT2D eigenvalue weighted by molar-refractivity contribution is 5.95. The summed E-state index contributed by atoms with van der Waals surface area (Å²) in [6.45, 7) is 3.27. The fourth-order valence-electron chi connectivity index (χ4n) is 2.90. The average Bonchev–Trinajstić information content (AvgIpc) is 3.19. The number of hydrogen-bond acceptors (Lipinski definition) is 7. The molecule has 158 valence electrons. The zero-order chi connectivity index (χ0) is 21.5. The molecule has 2 aromatic rings. The van der Waals surface area contributed by atoms with Crippen LogP contribution < -0.4 is 15.4 Å². The number of ether oxygens (including phenoxy) is 3. The summed E-state index contributed by atoms with van der Waals surface area (Å²) in [6.07, 6.45) is 1.36. The van der Waals surface area contributed by atoms with Crippen molar-refractivity contribution in [3.05, 3.63) is 65.3 Å². The molecule has 1 atom stereocenters. The first-order valence-electron chi connectivity index (χ1n) is 9.38. The zero-order valence-electron chi connectivity index (χ0n) is 16.6. The summed E-state index contributed by atoms with van der Waals surface area (Å²) in [5, 5.41) is 5.07. The Morgan fingerprint density at radius 1 is 1.07 bits per heavy atom. The Morgan fingerprint density at radius 2 is 1.83 bits per heavy atom. The van der Waals surface area contributed by atoms with Crippen molar-refractivity contribution in [1.29, 1.82) is 0 Å². The number of benzene rings is 1. The van der Waals surface area contributed by atoms with Crippen molar-refractivity contribution in [2.45, 2.75) is 26.5 Å². The van der Waals surface area contributed by atoms with Crippen LogP contribution in [0.1, 0.15) is 30.0 Å². The van der Waals surface area contributed by atoms with E-state index in [1.165, 1.54) is 6.26 Å². The normalized spacial score (nSPS) is 15.8. The van der Waals surface area contributed by atoms with Gasteiger partial charge in [-0.15, -0.1) is 0 Å². The number of urea groups is 1. The quantitative estimate of drug-likeness (QED) is 0.638. The van der Waals surface area contributed by atoms with Crippen molar-refractivity contribution in [3.8, 4) is 5.75 Å². The third-order valence-corrected chi connectivity index (χ3v) is 4.28. The van der Waals surface area contributed by atoms with Gasteiger partial charge in [-0.2, -0.15) is 0 Å². The molecule has 0 aliphatic carbocycles. The molecule has 0 fully saturated rings. The minimum absolute atomic E-state index is 0.0162.